The number of primary amides is 1. The molecule has 0 saturated heterocycles. The van der Waals surface area contributed by atoms with Crippen molar-refractivity contribution in [2.24, 2.45) is 5.73 Å². The summed E-state index contributed by atoms with van der Waals surface area (Å²) in [6.07, 6.45) is -1.33. The highest BCUT2D eigenvalue weighted by Crippen LogP contribution is 2.06. The largest absolute Gasteiger partial charge is 0.508 e. The van der Waals surface area contributed by atoms with Crippen LogP contribution in [0.4, 0.5) is 9.18 Å². The van der Waals surface area contributed by atoms with Gasteiger partial charge in [0.05, 0.1) is 0 Å². The summed E-state index contributed by atoms with van der Waals surface area (Å²) in [6, 6.07) is 5.01. The second-order valence-electron chi connectivity index (χ2n) is 1.81. The highest BCUT2D eigenvalue weighted by atomic mass is 19.1. The van der Waals surface area contributed by atoms with Crippen LogP contribution in [0, 0.1) is 5.82 Å². The van der Waals surface area contributed by atoms with E-state index in [1.165, 1.54) is 24.3 Å². The smallest absolute Gasteiger partial charge is 0.402 e. The summed E-state index contributed by atoms with van der Waals surface area (Å²) in [5, 5.41) is 15.8. The molecule has 0 aliphatic heterocycles. The number of carbonyl (C=O) groups is 1. The number of benzene rings is 1. The lowest BCUT2D eigenvalue weighted by Crippen LogP contribution is -2.03. The molecule has 4 N–H and O–H groups in total. The Bertz CT molecular complexity index is 222. The van der Waals surface area contributed by atoms with E-state index in [0.717, 1.165) is 0 Å². The molecule has 1 amide bonds. The fourth-order valence-corrected chi connectivity index (χ4v) is 0.441. The molecule has 0 fully saturated rings. The number of rotatable bonds is 0. The number of phenols is 1. The Kier molecular flexibility index (Phi) is 4.21. The second-order valence-corrected chi connectivity index (χ2v) is 1.81. The van der Waals surface area contributed by atoms with E-state index in [4.69, 9.17) is 15.0 Å². The van der Waals surface area contributed by atoms with Gasteiger partial charge in [0.2, 0.25) is 0 Å². The minimum Gasteiger partial charge on any atom is -0.508 e. The lowest BCUT2D eigenvalue weighted by molar-refractivity contribution is 0.205. The van der Waals surface area contributed by atoms with Gasteiger partial charge < -0.3 is 15.9 Å². The standard InChI is InChI=1S/C6H5FO.CH3NO2/c7-5-1-3-6(8)4-2-5;2-1(3)4/h1-4,8H;2H2,(H,3,4). The molecule has 4 nitrogen and oxygen atoms in total. The molecule has 0 aliphatic rings. The molecular formula is C7H8FNO3. The molecular weight excluding hydrogens is 165 g/mol. The summed E-state index contributed by atoms with van der Waals surface area (Å²) in [6.45, 7) is 0. The molecule has 0 spiro atoms. The number of carboxylic acid groups (broad SMARTS) is 1. The Morgan fingerprint density at radius 1 is 1.33 bits per heavy atom. The summed E-state index contributed by atoms with van der Waals surface area (Å²) in [5.41, 5.74) is 4.03. The summed E-state index contributed by atoms with van der Waals surface area (Å²) >= 11 is 0. The molecule has 0 heterocycles. The molecule has 66 valence electrons. The van der Waals surface area contributed by atoms with Crippen LogP contribution in [0.25, 0.3) is 0 Å². The first-order valence-corrected chi connectivity index (χ1v) is 2.95. The first kappa shape index (κ1) is 10.2. The number of amides is 1. The minimum atomic E-state index is -1.33. The molecule has 0 saturated carbocycles. The van der Waals surface area contributed by atoms with Crippen molar-refractivity contribution in [3.63, 3.8) is 0 Å². The Labute approximate surface area is 68.1 Å². The lowest BCUT2D eigenvalue weighted by atomic mass is 10.3. The van der Waals surface area contributed by atoms with Gasteiger partial charge in [-0.2, -0.15) is 0 Å². The fourth-order valence-electron chi connectivity index (χ4n) is 0.441. The van der Waals surface area contributed by atoms with Crippen LogP contribution in [0.3, 0.4) is 0 Å². The number of phenolic OH excluding ortho intramolecular Hbond substituents is 1. The third-order valence-electron chi connectivity index (χ3n) is 0.827. The van der Waals surface area contributed by atoms with Crippen LogP contribution in [-0.2, 0) is 0 Å². The fraction of sp³-hybridized carbons (Fsp3) is 0. The van der Waals surface area contributed by atoms with Crippen molar-refractivity contribution < 1.29 is 19.4 Å². The van der Waals surface area contributed by atoms with Crippen LogP contribution in [-0.4, -0.2) is 16.3 Å². The minimum absolute atomic E-state index is 0.0893. The Hall–Kier alpha value is -1.78. The average Bonchev–Trinajstić information content (AvgIpc) is 1.94. The summed E-state index contributed by atoms with van der Waals surface area (Å²) in [7, 11) is 0. The first-order chi connectivity index (χ1) is 5.52. The van der Waals surface area contributed by atoms with Crippen LogP contribution in [0.2, 0.25) is 0 Å². The van der Waals surface area contributed by atoms with Gasteiger partial charge in [-0.05, 0) is 24.3 Å². The summed E-state index contributed by atoms with van der Waals surface area (Å²) in [5.74, 6) is -0.241. The van der Waals surface area contributed by atoms with Crippen LogP contribution in [0.15, 0.2) is 24.3 Å². The first-order valence-electron chi connectivity index (χ1n) is 2.95. The number of nitrogens with two attached hydrogens (primary N) is 1. The van der Waals surface area contributed by atoms with Gasteiger partial charge in [-0.1, -0.05) is 0 Å². The summed E-state index contributed by atoms with van der Waals surface area (Å²) in [4.78, 5) is 8.78. The van der Waals surface area contributed by atoms with Gasteiger partial charge in [-0.3, -0.25) is 0 Å². The number of aromatic hydroxyl groups is 1. The Morgan fingerprint density at radius 3 is 1.92 bits per heavy atom. The van der Waals surface area contributed by atoms with E-state index in [9.17, 15) is 4.39 Å². The van der Waals surface area contributed by atoms with Crippen molar-refractivity contribution in [2.45, 2.75) is 0 Å². The molecule has 1 aromatic rings. The third kappa shape index (κ3) is 6.34. The number of halogens is 1. The van der Waals surface area contributed by atoms with Crippen molar-refractivity contribution in [1.82, 2.24) is 0 Å². The SMILES string of the molecule is NC(=O)O.Oc1ccc(F)cc1. The van der Waals surface area contributed by atoms with E-state index in [1.54, 1.807) is 0 Å². The van der Waals surface area contributed by atoms with Gasteiger partial charge in [0.15, 0.2) is 0 Å². The molecule has 0 unspecified atom stereocenters. The van der Waals surface area contributed by atoms with Crippen LogP contribution in [0.1, 0.15) is 0 Å². The Balaban J connectivity index is 0.000000261. The van der Waals surface area contributed by atoms with Crippen molar-refractivity contribution in [3.05, 3.63) is 30.1 Å². The maximum absolute atomic E-state index is 12.0. The van der Waals surface area contributed by atoms with Crippen molar-refractivity contribution in [2.75, 3.05) is 0 Å². The normalized spacial score (nSPS) is 8.08. The number of hydrogen-bond donors (Lipinski definition) is 3. The van der Waals surface area contributed by atoms with Crippen molar-refractivity contribution in [1.29, 1.82) is 0 Å². The molecule has 0 bridgehead atoms. The maximum atomic E-state index is 12.0. The van der Waals surface area contributed by atoms with Gasteiger partial charge in [0, 0.05) is 0 Å². The van der Waals surface area contributed by atoms with Gasteiger partial charge in [-0.15, -0.1) is 0 Å². The third-order valence-corrected chi connectivity index (χ3v) is 0.827. The lowest BCUT2D eigenvalue weighted by Gasteiger charge is -1.86. The van der Waals surface area contributed by atoms with E-state index in [2.05, 4.69) is 5.73 Å². The molecule has 5 heteroatoms. The number of hydrogen-bond acceptors (Lipinski definition) is 2. The molecule has 0 aliphatic carbocycles. The van der Waals surface area contributed by atoms with Crippen LogP contribution >= 0.6 is 0 Å². The Morgan fingerprint density at radius 2 is 1.67 bits per heavy atom. The zero-order chi connectivity index (χ0) is 9.56. The molecule has 0 atom stereocenters. The maximum Gasteiger partial charge on any atom is 0.402 e. The van der Waals surface area contributed by atoms with Gasteiger partial charge in [-0.25, -0.2) is 9.18 Å². The highest BCUT2D eigenvalue weighted by Gasteiger charge is 1.85. The molecule has 0 aromatic heterocycles. The van der Waals surface area contributed by atoms with E-state index in [-0.39, 0.29) is 11.6 Å². The van der Waals surface area contributed by atoms with E-state index in [1.807, 2.05) is 0 Å². The predicted molar refractivity (Wildman–Crippen MR) is 40.3 cm³/mol. The van der Waals surface area contributed by atoms with E-state index < -0.39 is 6.09 Å². The predicted octanol–water partition coefficient (Wildman–Crippen LogP) is 1.15. The molecule has 1 aromatic carbocycles. The van der Waals surface area contributed by atoms with E-state index >= 15 is 0 Å². The van der Waals surface area contributed by atoms with Crippen LogP contribution < -0.4 is 5.73 Å². The quantitative estimate of drug-likeness (QED) is 0.550. The van der Waals surface area contributed by atoms with Gasteiger partial charge >= 0.3 is 6.09 Å². The van der Waals surface area contributed by atoms with Gasteiger partial charge in [0.1, 0.15) is 11.6 Å². The average molecular weight is 173 g/mol. The van der Waals surface area contributed by atoms with Gasteiger partial charge in [0.25, 0.3) is 0 Å². The van der Waals surface area contributed by atoms with Crippen molar-refractivity contribution in [3.8, 4) is 5.75 Å². The zero-order valence-electron chi connectivity index (χ0n) is 6.07. The van der Waals surface area contributed by atoms with E-state index in [0.29, 0.717) is 0 Å². The monoisotopic (exact) mass is 173 g/mol. The van der Waals surface area contributed by atoms with Crippen LogP contribution in [0.5, 0.6) is 5.75 Å². The highest BCUT2D eigenvalue weighted by molar-refractivity contribution is 5.61. The second kappa shape index (κ2) is 4.95. The molecule has 1 rings (SSSR count). The topological polar surface area (TPSA) is 83.6 Å². The molecule has 12 heavy (non-hydrogen) atoms. The summed E-state index contributed by atoms with van der Waals surface area (Å²) < 4.78 is 12.0. The van der Waals surface area contributed by atoms with Crippen molar-refractivity contribution >= 4 is 6.09 Å². The zero-order valence-corrected chi connectivity index (χ0v) is 6.07. The molecule has 0 radical (unpaired) electrons.